The van der Waals surface area contributed by atoms with Gasteiger partial charge in [0.25, 0.3) is 5.56 Å². The van der Waals surface area contributed by atoms with E-state index < -0.39 is 0 Å². The van der Waals surface area contributed by atoms with Crippen LogP contribution in [0.2, 0.25) is 0 Å². The Kier molecular flexibility index (Phi) is 4.11. The molecule has 0 saturated carbocycles. The summed E-state index contributed by atoms with van der Waals surface area (Å²) in [6.45, 7) is 5.77. The Morgan fingerprint density at radius 1 is 1.45 bits per heavy atom. The van der Waals surface area contributed by atoms with Crippen LogP contribution in [0.4, 0.5) is 0 Å². The summed E-state index contributed by atoms with van der Waals surface area (Å²) in [4.78, 5) is 27.3. The summed E-state index contributed by atoms with van der Waals surface area (Å²) in [6.07, 6.45) is 4.32. The lowest BCUT2D eigenvalue weighted by atomic mass is 9.94. The Morgan fingerprint density at radius 3 is 2.86 bits per heavy atom. The van der Waals surface area contributed by atoms with Gasteiger partial charge in [-0.2, -0.15) is 5.10 Å². The molecule has 22 heavy (non-hydrogen) atoms. The number of carbonyl (C=O) groups excluding carboxylic acids is 1. The number of piperidine rings is 1. The number of hydrogen-bond acceptors (Lipinski definition) is 4. The predicted molar refractivity (Wildman–Crippen MR) is 84.4 cm³/mol. The SMILES string of the molecule is CCC(C)C(=O)c1cnn2c(C3CCNCC3)cc(=O)[nH]c12. The Hall–Kier alpha value is -1.95. The van der Waals surface area contributed by atoms with E-state index in [1.807, 2.05) is 13.8 Å². The summed E-state index contributed by atoms with van der Waals surface area (Å²) in [5.41, 5.74) is 1.79. The highest BCUT2D eigenvalue weighted by molar-refractivity contribution is 6.02. The second-order valence-electron chi connectivity index (χ2n) is 6.07. The number of ketones is 1. The molecule has 1 aliphatic heterocycles. The van der Waals surface area contributed by atoms with Crippen molar-refractivity contribution in [2.45, 2.75) is 39.0 Å². The third kappa shape index (κ3) is 2.59. The van der Waals surface area contributed by atoms with Gasteiger partial charge < -0.3 is 10.3 Å². The van der Waals surface area contributed by atoms with Gasteiger partial charge in [-0.05, 0) is 32.4 Å². The fourth-order valence-electron chi connectivity index (χ4n) is 3.05. The minimum atomic E-state index is -0.167. The fourth-order valence-corrected chi connectivity index (χ4v) is 3.05. The van der Waals surface area contributed by atoms with Gasteiger partial charge in [-0.15, -0.1) is 0 Å². The summed E-state index contributed by atoms with van der Waals surface area (Å²) in [5, 5.41) is 7.70. The lowest BCUT2D eigenvalue weighted by Gasteiger charge is -2.23. The molecule has 2 aromatic heterocycles. The van der Waals surface area contributed by atoms with Gasteiger partial charge in [0, 0.05) is 17.9 Å². The van der Waals surface area contributed by atoms with E-state index in [1.54, 1.807) is 16.8 Å². The van der Waals surface area contributed by atoms with E-state index in [-0.39, 0.29) is 17.3 Å². The molecule has 6 heteroatoms. The summed E-state index contributed by atoms with van der Waals surface area (Å²) in [5.74, 6) is 0.271. The monoisotopic (exact) mass is 302 g/mol. The largest absolute Gasteiger partial charge is 0.317 e. The van der Waals surface area contributed by atoms with Crippen molar-refractivity contribution in [2.75, 3.05) is 13.1 Å². The number of carbonyl (C=O) groups is 1. The average molecular weight is 302 g/mol. The maximum Gasteiger partial charge on any atom is 0.251 e. The molecule has 1 atom stereocenters. The highest BCUT2D eigenvalue weighted by Crippen LogP contribution is 2.25. The number of aromatic nitrogens is 3. The minimum absolute atomic E-state index is 0.0376. The number of nitrogens with one attached hydrogen (secondary N) is 2. The normalized spacial score (nSPS) is 17.7. The molecule has 0 bridgehead atoms. The van der Waals surface area contributed by atoms with Crippen molar-refractivity contribution in [3.8, 4) is 0 Å². The third-order valence-electron chi connectivity index (χ3n) is 4.62. The second-order valence-corrected chi connectivity index (χ2v) is 6.07. The van der Waals surface area contributed by atoms with Crippen LogP contribution < -0.4 is 10.9 Å². The summed E-state index contributed by atoms with van der Waals surface area (Å²) < 4.78 is 1.74. The Morgan fingerprint density at radius 2 is 2.18 bits per heavy atom. The molecular weight excluding hydrogens is 280 g/mol. The second kappa shape index (κ2) is 6.04. The molecule has 1 fully saturated rings. The standard InChI is InChI=1S/C16H22N4O2/c1-3-10(2)15(22)12-9-18-20-13(8-14(21)19-16(12)20)11-4-6-17-7-5-11/h8-11,17H,3-7H2,1-2H3,(H,19,21). The van der Waals surface area contributed by atoms with E-state index in [0.29, 0.717) is 17.1 Å². The number of hydrogen-bond donors (Lipinski definition) is 2. The highest BCUT2D eigenvalue weighted by atomic mass is 16.1. The molecule has 3 heterocycles. The van der Waals surface area contributed by atoms with Gasteiger partial charge in [0.2, 0.25) is 0 Å². The van der Waals surface area contributed by atoms with Crippen LogP contribution >= 0.6 is 0 Å². The first-order valence-corrected chi connectivity index (χ1v) is 7.97. The van der Waals surface area contributed by atoms with E-state index in [2.05, 4.69) is 15.4 Å². The highest BCUT2D eigenvalue weighted by Gasteiger charge is 2.23. The molecule has 2 aromatic rings. The molecule has 0 aliphatic carbocycles. The van der Waals surface area contributed by atoms with Crippen LogP contribution in [0.3, 0.4) is 0 Å². The van der Waals surface area contributed by atoms with Crippen LogP contribution in [0.5, 0.6) is 0 Å². The van der Waals surface area contributed by atoms with Crippen molar-refractivity contribution in [3.63, 3.8) is 0 Å². The lowest BCUT2D eigenvalue weighted by molar-refractivity contribution is 0.0928. The van der Waals surface area contributed by atoms with Crippen molar-refractivity contribution in [3.05, 3.63) is 33.9 Å². The van der Waals surface area contributed by atoms with Gasteiger partial charge in [0.15, 0.2) is 5.78 Å². The van der Waals surface area contributed by atoms with E-state index in [1.165, 1.54) is 0 Å². The van der Waals surface area contributed by atoms with Crippen LogP contribution in [0.25, 0.3) is 5.65 Å². The van der Waals surface area contributed by atoms with E-state index in [0.717, 1.165) is 38.0 Å². The molecule has 1 unspecified atom stereocenters. The van der Waals surface area contributed by atoms with Crippen molar-refractivity contribution < 1.29 is 4.79 Å². The molecule has 1 aliphatic rings. The number of rotatable bonds is 4. The van der Waals surface area contributed by atoms with Crippen LogP contribution in [0.15, 0.2) is 17.1 Å². The molecule has 1 saturated heterocycles. The topological polar surface area (TPSA) is 79.3 Å². The number of aromatic amines is 1. The average Bonchev–Trinajstić information content (AvgIpc) is 2.97. The van der Waals surface area contributed by atoms with E-state index in [4.69, 9.17) is 0 Å². The predicted octanol–water partition coefficient (Wildman–Crippen LogP) is 1.72. The van der Waals surface area contributed by atoms with Crippen molar-refractivity contribution in [1.82, 2.24) is 19.9 Å². The molecule has 6 nitrogen and oxygen atoms in total. The minimum Gasteiger partial charge on any atom is -0.317 e. The Labute approximate surface area is 128 Å². The van der Waals surface area contributed by atoms with Crippen LogP contribution in [0.1, 0.15) is 55.1 Å². The maximum atomic E-state index is 12.5. The zero-order valence-corrected chi connectivity index (χ0v) is 13.1. The maximum absolute atomic E-state index is 12.5. The third-order valence-corrected chi connectivity index (χ3v) is 4.62. The van der Waals surface area contributed by atoms with Crippen molar-refractivity contribution in [2.24, 2.45) is 5.92 Å². The van der Waals surface area contributed by atoms with Crippen molar-refractivity contribution >= 4 is 11.4 Å². The van der Waals surface area contributed by atoms with Gasteiger partial charge in [-0.1, -0.05) is 13.8 Å². The number of H-pyrrole nitrogens is 1. The number of nitrogens with zero attached hydrogens (tertiary/aromatic N) is 2. The Balaban J connectivity index is 2.10. The molecular formula is C16H22N4O2. The fraction of sp³-hybridized carbons (Fsp3) is 0.562. The van der Waals surface area contributed by atoms with Gasteiger partial charge in [-0.3, -0.25) is 9.59 Å². The zero-order valence-electron chi connectivity index (χ0n) is 13.1. The summed E-state index contributed by atoms with van der Waals surface area (Å²) >= 11 is 0. The molecule has 118 valence electrons. The zero-order chi connectivity index (χ0) is 15.7. The van der Waals surface area contributed by atoms with E-state index in [9.17, 15) is 9.59 Å². The summed E-state index contributed by atoms with van der Waals surface area (Å²) in [6, 6.07) is 1.62. The van der Waals surface area contributed by atoms with Crippen LogP contribution in [-0.4, -0.2) is 33.5 Å². The van der Waals surface area contributed by atoms with Gasteiger partial charge in [0.05, 0.1) is 17.5 Å². The van der Waals surface area contributed by atoms with Gasteiger partial charge >= 0.3 is 0 Å². The Bertz CT molecular complexity index is 740. The molecule has 0 radical (unpaired) electrons. The summed E-state index contributed by atoms with van der Waals surface area (Å²) in [7, 11) is 0. The van der Waals surface area contributed by atoms with Gasteiger partial charge in [0.1, 0.15) is 5.65 Å². The first-order valence-electron chi connectivity index (χ1n) is 7.97. The molecule has 0 amide bonds. The van der Waals surface area contributed by atoms with Gasteiger partial charge in [-0.25, -0.2) is 4.52 Å². The van der Waals surface area contributed by atoms with E-state index >= 15 is 0 Å². The number of fused-ring (bicyclic) bond motifs is 1. The molecule has 0 spiro atoms. The molecule has 2 N–H and O–H groups in total. The van der Waals surface area contributed by atoms with Crippen molar-refractivity contribution in [1.29, 1.82) is 0 Å². The molecule has 0 aromatic carbocycles. The first kappa shape index (κ1) is 15.0. The lowest BCUT2D eigenvalue weighted by Crippen LogP contribution is -2.28. The smallest absolute Gasteiger partial charge is 0.251 e. The first-order chi connectivity index (χ1) is 10.6. The number of Topliss-reactive ketones (excluding diaryl/α,β-unsaturated/α-hetero) is 1. The molecule has 3 rings (SSSR count). The van der Waals surface area contributed by atoms with Crippen LogP contribution in [-0.2, 0) is 0 Å². The quantitative estimate of drug-likeness (QED) is 0.843. The van der Waals surface area contributed by atoms with Crippen LogP contribution in [0, 0.1) is 5.92 Å².